The minimum absolute atomic E-state index is 0.114. The van der Waals surface area contributed by atoms with Gasteiger partial charge in [-0.05, 0) is 29.8 Å². The van der Waals surface area contributed by atoms with Gasteiger partial charge in [0.15, 0.2) is 0 Å². The summed E-state index contributed by atoms with van der Waals surface area (Å²) in [6, 6.07) is 11.0. The number of hydrogen-bond donors (Lipinski definition) is 1. The summed E-state index contributed by atoms with van der Waals surface area (Å²) in [5.74, 6) is -1.66. The Morgan fingerprint density at radius 2 is 1.72 bits per heavy atom. The Bertz CT molecular complexity index is 1130. The number of aromatic nitrogens is 2. The fraction of sp³-hybridized carbons (Fsp3) is 0. The molecule has 2 aromatic carbocycles. The third kappa shape index (κ3) is 2.79. The molecule has 7 heteroatoms. The lowest BCUT2D eigenvalue weighted by molar-refractivity contribution is 0.587. The molecule has 0 saturated heterocycles. The van der Waals surface area contributed by atoms with Gasteiger partial charge in [-0.3, -0.25) is 4.79 Å². The summed E-state index contributed by atoms with van der Waals surface area (Å²) in [4.78, 5) is 19.8. The average molecular weight is 419 g/mol. The highest BCUT2D eigenvalue weighted by Crippen LogP contribution is 2.33. The molecule has 0 fully saturated rings. The van der Waals surface area contributed by atoms with Gasteiger partial charge < -0.3 is 4.98 Å². The van der Waals surface area contributed by atoms with Crippen LogP contribution in [-0.2, 0) is 0 Å². The van der Waals surface area contributed by atoms with Crippen molar-refractivity contribution in [3.05, 3.63) is 74.3 Å². The molecule has 25 heavy (non-hydrogen) atoms. The summed E-state index contributed by atoms with van der Waals surface area (Å²) >= 11 is 4.63. The Balaban J connectivity index is 1.94. The number of aromatic amines is 1. The van der Waals surface area contributed by atoms with Crippen molar-refractivity contribution in [2.45, 2.75) is 0 Å². The summed E-state index contributed by atoms with van der Waals surface area (Å²) in [5.41, 5.74) is 0.843. The number of rotatable bonds is 2. The van der Waals surface area contributed by atoms with Gasteiger partial charge >= 0.3 is 0 Å². The standard InChI is InChI=1S/C18H9BrF2N2OS/c19-10-6-4-9(5-7-10)11-8-25-18-14(11)17(24)22-16(23-18)15-12(20)2-1-3-13(15)21/h1-8H,(H,22,23,24). The monoisotopic (exact) mass is 418 g/mol. The van der Waals surface area contributed by atoms with Gasteiger partial charge in [-0.15, -0.1) is 11.3 Å². The fourth-order valence-corrected chi connectivity index (χ4v) is 3.85. The topological polar surface area (TPSA) is 45.8 Å². The quantitative estimate of drug-likeness (QED) is 0.476. The number of nitrogens with zero attached hydrogens (tertiary/aromatic N) is 1. The molecule has 4 aromatic rings. The third-order valence-electron chi connectivity index (χ3n) is 3.80. The van der Waals surface area contributed by atoms with Crippen LogP contribution in [0.4, 0.5) is 8.78 Å². The highest BCUT2D eigenvalue weighted by Gasteiger charge is 2.17. The molecule has 4 rings (SSSR count). The first-order valence-corrected chi connectivity index (χ1v) is 8.93. The van der Waals surface area contributed by atoms with Crippen LogP contribution < -0.4 is 5.56 Å². The maximum atomic E-state index is 14.0. The van der Waals surface area contributed by atoms with Crippen LogP contribution in [0.5, 0.6) is 0 Å². The van der Waals surface area contributed by atoms with Crippen LogP contribution in [0.1, 0.15) is 0 Å². The number of benzene rings is 2. The van der Waals surface area contributed by atoms with Crippen molar-refractivity contribution < 1.29 is 8.78 Å². The van der Waals surface area contributed by atoms with Crippen molar-refractivity contribution in [1.29, 1.82) is 0 Å². The SMILES string of the molecule is O=c1[nH]c(-c2c(F)cccc2F)nc2scc(-c3ccc(Br)cc3)c12. The van der Waals surface area contributed by atoms with E-state index in [1.54, 1.807) is 0 Å². The lowest BCUT2D eigenvalue weighted by atomic mass is 10.1. The van der Waals surface area contributed by atoms with Crippen molar-refractivity contribution in [3.63, 3.8) is 0 Å². The summed E-state index contributed by atoms with van der Waals surface area (Å²) in [6.07, 6.45) is 0. The first kappa shape index (κ1) is 16.1. The van der Waals surface area contributed by atoms with Gasteiger partial charge in [-0.25, -0.2) is 13.8 Å². The molecule has 2 aromatic heterocycles. The number of nitrogens with one attached hydrogen (secondary N) is 1. The van der Waals surface area contributed by atoms with Crippen LogP contribution in [0.15, 0.2) is 57.1 Å². The number of halogens is 3. The zero-order valence-corrected chi connectivity index (χ0v) is 14.9. The van der Waals surface area contributed by atoms with Crippen molar-refractivity contribution in [2.24, 2.45) is 0 Å². The Morgan fingerprint density at radius 3 is 2.40 bits per heavy atom. The normalized spacial score (nSPS) is 11.2. The second kappa shape index (κ2) is 6.16. The maximum absolute atomic E-state index is 14.0. The molecular weight excluding hydrogens is 410 g/mol. The van der Waals surface area contributed by atoms with E-state index in [1.807, 2.05) is 29.6 Å². The summed E-state index contributed by atoms with van der Waals surface area (Å²) in [6.45, 7) is 0. The molecule has 0 spiro atoms. The van der Waals surface area contributed by atoms with Crippen molar-refractivity contribution in [1.82, 2.24) is 9.97 Å². The smallest absolute Gasteiger partial charge is 0.260 e. The van der Waals surface area contributed by atoms with E-state index >= 15 is 0 Å². The lowest BCUT2D eigenvalue weighted by Gasteiger charge is -2.05. The van der Waals surface area contributed by atoms with E-state index in [0.29, 0.717) is 10.2 Å². The van der Waals surface area contributed by atoms with E-state index in [1.165, 1.54) is 17.4 Å². The fourth-order valence-electron chi connectivity index (χ4n) is 2.63. The van der Waals surface area contributed by atoms with E-state index in [4.69, 9.17) is 0 Å². The predicted molar refractivity (Wildman–Crippen MR) is 98.7 cm³/mol. The highest BCUT2D eigenvalue weighted by atomic mass is 79.9. The number of fused-ring (bicyclic) bond motifs is 1. The highest BCUT2D eigenvalue weighted by molar-refractivity contribution is 9.10. The molecule has 0 aliphatic carbocycles. The third-order valence-corrected chi connectivity index (χ3v) is 5.20. The first-order valence-electron chi connectivity index (χ1n) is 7.26. The van der Waals surface area contributed by atoms with Crippen molar-refractivity contribution >= 4 is 37.5 Å². The Kier molecular flexibility index (Phi) is 3.97. The van der Waals surface area contributed by atoms with Crippen LogP contribution in [0.2, 0.25) is 0 Å². The second-order valence-corrected chi connectivity index (χ2v) is 7.12. The van der Waals surface area contributed by atoms with E-state index in [-0.39, 0.29) is 11.4 Å². The average Bonchev–Trinajstić information content (AvgIpc) is 3.00. The molecule has 0 unspecified atom stereocenters. The number of hydrogen-bond acceptors (Lipinski definition) is 3. The number of H-pyrrole nitrogens is 1. The van der Waals surface area contributed by atoms with Gasteiger partial charge in [-0.2, -0.15) is 0 Å². The van der Waals surface area contributed by atoms with Crippen LogP contribution in [0, 0.1) is 11.6 Å². The lowest BCUT2D eigenvalue weighted by Crippen LogP contribution is -2.10. The molecule has 0 atom stereocenters. The molecule has 0 radical (unpaired) electrons. The van der Waals surface area contributed by atoms with Gasteiger partial charge in [0.1, 0.15) is 22.3 Å². The van der Waals surface area contributed by atoms with Gasteiger partial charge in [0.2, 0.25) is 0 Å². The Morgan fingerprint density at radius 1 is 1.04 bits per heavy atom. The molecule has 0 bridgehead atoms. The molecule has 1 N–H and O–H groups in total. The summed E-state index contributed by atoms with van der Waals surface area (Å²) < 4.78 is 28.9. The number of thiophene rings is 1. The largest absolute Gasteiger partial charge is 0.306 e. The molecule has 124 valence electrons. The molecule has 0 amide bonds. The van der Waals surface area contributed by atoms with E-state index in [9.17, 15) is 13.6 Å². The molecule has 2 heterocycles. The molecular formula is C18H9BrF2N2OS. The predicted octanol–water partition coefficient (Wildman–Crippen LogP) is 5.36. The zero-order valence-electron chi connectivity index (χ0n) is 12.5. The van der Waals surface area contributed by atoms with Crippen molar-refractivity contribution in [3.8, 4) is 22.5 Å². The summed E-state index contributed by atoms with van der Waals surface area (Å²) in [7, 11) is 0. The molecule has 0 saturated carbocycles. The van der Waals surface area contributed by atoms with Crippen molar-refractivity contribution in [2.75, 3.05) is 0 Å². The Hall–Kier alpha value is -2.38. The minimum Gasteiger partial charge on any atom is -0.306 e. The van der Waals surface area contributed by atoms with Crippen LogP contribution in [0.25, 0.3) is 32.7 Å². The molecule has 0 aliphatic heterocycles. The van der Waals surface area contributed by atoms with E-state index in [2.05, 4.69) is 25.9 Å². The van der Waals surface area contributed by atoms with Gasteiger partial charge in [0.05, 0.1) is 10.9 Å². The summed E-state index contributed by atoms with van der Waals surface area (Å²) in [5, 5.41) is 2.23. The minimum atomic E-state index is -0.771. The van der Waals surface area contributed by atoms with Crippen LogP contribution >= 0.6 is 27.3 Å². The van der Waals surface area contributed by atoms with Crippen LogP contribution in [-0.4, -0.2) is 9.97 Å². The molecule has 0 aliphatic rings. The van der Waals surface area contributed by atoms with Gasteiger partial charge in [0.25, 0.3) is 5.56 Å². The van der Waals surface area contributed by atoms with E-state index < -0.39 is 17.2 Å². The van der Waals surface area contributed by atoms with Gasteiger partial charge in [0, 0.05) is 15.4 Å². The zero-order chi connectivity index (χ0) is 17.6. The van der Waals surface area contributed by atoms with Crippen LogP contribution in [0.3, 0.4) is 0 Å². The van der Waals surface area contributed by atoms with E-state index in [0.717, 1.165) is 27.7 Å². The Labute approximate surface area is 153 Å². The molecule has 3 nitrogen and oxygen atoms in total. The first-order chi connectivity index (χ1) is 12.0. The van der Waals surface area contributed by atoms with Gasteiger partial charge in [-0.1, -0.05) is 34.1 Å². The second-order valence-electron chi connectivity index (χ2n) is 5.35. The maximum Gasteiger partial charge on any atom is 0.260 e.